The van der Waals surface area contributed by atoms with Crippen LogP contribution in [0.25, 0.3) is 0 Å². The number of aromatic nitrogens is 2. The lowest BCUT2D eigenvalue weighted by Crippen LogP contribution is -2.42. The Bertz CT molecular complexity index is 563. The molecule has 19 heavy (non-hydrogen) atoms. The molecular formula is C11H14N4O4. The molecule has 8 heteroatoms. The molecule has 1 saturated heterocycles. The summed E-state index contributed by atoms with van der Waals surface area (Å²) in [4.78, 5) is 38.4. The van der Waals surface area contributed by atoms with Gasteiger partial charge in [-0.25, -0.2) is 9.78 Å². The lowest BCUT2D eigenvalue weighted by Gasteiger charge is -2.23. The van der Waals surface area contributed by atoms with Crippen molar-refractivity contribution in [1.82, 2.24) is 14.9 Å². The molecule has 2 rings (SSSR count). The van der Waals surface area contributed by atoms with Crippen LogP contribution in [-0.2, 0) is 14.3 Å². The number of ether oxygens (including phenoxy) is 1. The molecule has 0 aromatic carbocycles. The Labute approximate surface area is 108 Å². The minimum absolute atomic E-state index is 0.0234. The Morgan fingerprint density at radius 1 is 1.53 bits per heavy atom. The number of nitrogens with one attached hydrogen (secondary N) is 1. The number of imidazole rings is 1. The second kappa shape index (κ2) is 4.71. The number of nitrogens with two attached hydrogens (primary N) is 1. The van der Waals surface area contributed by atoms with E-state index in [1.807, 2.05) is 0 Å². The fourth-order valence-electron chi connectivity index (χ4n) is 2.13. The van der Waals surface area contributed by atoms with Gasteiger partial charge in [-0.2, -0.15) is 0 Å². The van der Waals surface area contributed by atoms with E-state index in [0.717, 1.165) is 0 Å². The lowest BCUT2D eigenvalue weighted by atomic mass is 10.1. The highest BCUT2D eigenvalue weighted by Gasteiger charge is 2.32. The Hall–Kier alpha value is -2.38. The largest absolute Gasteiger partial charge is 0.464 e. The van der Waals surface area contributed by atoms with Crippen LogP contribution in [0.2, 0.25) is 0 Å². The van der Waals surface area contributed by atoms with E-state index in [2.05, 4.69) is 15.0 Å². The van der Waals surface area contributed by atoms with Crippen LogP contribution in [0.15, 0.2) is 0 Å². The molecular weight excluding hydrogens is 252 g/mol. The fraction of sp³-hybridized carbons (Fsp3) is 0.455. The van der Waals surface area contributed by atoms with Crippen LogP contribution in [0.1, 0.15) is 35.2 Å². The molecule has 1 aliphatic heterocycles. The van der Waals surface area contributed by atoms with E-state index in [0.29, 0.717) is 12.2 Å². The Morgan fingerprint density at radius 2 is 2.21 bits per heavy atom. The molecule has 2 heterocycles. The van der Waals surface area contributed by atoms with Gasteiger partial charge in [-0.15, -0.1) is 0 Å². The van der Waals surface area contributed by atoms with Gasteiger partial charge in [0.1, 0.15) is 17.7 Å². The van der Waals surface area contributed by atoms with Gasteiger partial charge in [-0.1, -0.05) is 0 Å². The van der Waals surface area contributed by atoms with Gasteiger partial charge >= 0.3 is 5.97 Å². The number of nitrogen functional groups attached to an aromatic ring is 1. The van der Waals surface area contributed by atoms with Crippen molar-refractivity contribution in [2.75, 3.05) is 12.8 Å². The van der Waals surface area contributed by atoms with E-state index >= 15 is 0 Å². The number of carbonyl (C=O) groups excluding carboxylic acids is 3. The summed E-state index contributed by atoms with van der Waals surface area (Å²) in [5.41, 5.74) is 5.82. The summed E-state index contributed by atoms with van der Waals surface area (Å²) in [5.74, 6) is -0.927. The summed E-state index contributed by atoms with van der Waals surface area (Å²) in [6.45, 7) is 1.63. The molecule has 0 radical (unpaired) electrons. The van der Waals surface area contributed by atoms with E-state index in [9.17, 15) is 14.4 Å². The first-order chi connectivity index (χ1) is 8.95. The molecule has 1 aliphatic rings. The van der Waals surface area contributed by atoms with Crippen LogP contribution in [0.4, 0.5) is 5.82 Å². The number of rotatable bonds is 2. The van der Waals surface area contributed by atoms with Gasteiger partial charge < -0.3 is 15.0 Å². The summed E-state index contributed by atoms with van der Waals surface area (Å²) in [5, 5.41) is 2.24. The minimum Gasteiger partial charge on any atom is -0.464 e. The van der Waals surface area contributed by atoms with E-state index in [-0.39, 0.29) is 23.8 Å². The van der Waals surface area contributed by atoms with E-state index in [1.165, 1.54) is 11.7 Å². The van der Waals surface area contributed by atoms with Crippen LogP contribution in [-0.4, -0.2) is 34.4 Å². The van der Waals surface area contributed by atoms with Crippen LogP contribution < -0.4 is 11.1 Å². The van der Waals surface area contributed by atoms with Gasteiger partial charge in [0.15, 0.2) is 5.69 Å². The maximum absolute atomic E-state index is 11.8. The average Bonchev–Trinajstić information content (AvgIpc) is 2.65. The third-order valence-electron chi connectivity index (χ3n) is 3.02. The number of anilines is 1. The number of methoxy groups -OCH3 is 1. The molecule has 8 nitrogen and oxygen atoms in total. The molecule has 0 saturated carbocycles. The SMILES string of the molecule is COC(=O)c1nc(C)n(C2CCC(=O)NC2=O)c1N. The van der Waals surface area contributed by atoms with Gasteiger partial charge in [0.2, 0.25) is 11.8 Å². The summed E-state index contributed by atoms with van der Waals surface area (Å²) >= 11 is 0. The maximum atomic E-state index is 11.8. The highest BCUT2D eigenvalue weighted by Crippen LogP contribution is 2.26. The van der Waals surface area contributed by atoms with Crippen molar-refractivity contribution >= 4 is 23.6 Å². The lowest BCUT2D eigenvalue weighted by molar-refractivity contribution is -0.135. The maximum Gasteiger partial charge on any atom is 0.360 e. The molecule has 0 aliphatic carbocycles. The zero-order valence-electron chi connectivity index (χ0n) is 10.6. The van der Waals surface area contributed by atoms with Crippen molar-refractivity contribution in [1.29, 1.82) is 0 Å². The molecule has 1 unspecified atom stereocenters. The van der Waals surface area contributed by atoms with Crippen LogP contribution in [0.5, 0.6) is 0 Å². The normalized spacial score (nSPS) is 19.2. The number of esters is 1. The quantitative estimate of drug-likeness (QED) is 0.552. The number of amides is 2. The average molecular weight is 266 g/mol. The summed E-state index contributed by atoms with van der Waals surface area (Å²) in [6.07, 6.45) is 0.549. The molecule has 3 N–H and O–H groups in total. The number of aryl methyl sites for hydroxylation is 1. The highest BCUT2D eigenvalue weighted by atomic mass is 16.5. The minimum atomic E-state index is -0.661. The predicted molar refractivity (Wildman–Crippen MR) is 64.1 cm³/mol. The second-order valence-corrected chi connectivity index (χ2v) is 4.22. The Morgan fingerprint density at radius 3 is 2.79 bits per heavy atom. The zero-order chi connectivity index (χ0) is 14.2. The van der Waals surface area contributed by atoms with E-state index in [4.69, 9.17) is 5.73 Å². The Balaban J connectivity index is 2.40. The first kappa shape index (κ1) is 13.1. The Kier molecular flexibility index (Phi) is 3.24. The van der Waals surface area contributed by atoms with Crippen LogP contribution in [0.3, 0.4) is 0 Å². The number of piperidine rings is 1. The number of hydrogen-bond acceptors (Lipinski definition) is 6. The molecule has 1 aromatic rings. The van der Waals surface area contributed by atoms with Gasteiger partial charge in [0, 0.05) is 6.42 Å². The molecule has 0 spiro atoms. The standard InChI is InChI=1S/C11H14N4O4/c1-5-13-8(11(18)19-2)9(12)15(5)6-3-4-7(16)14-10(6)17/h6H,3-4,12H2,1-2H3,(H,14,16,17). The monoisotopic (exact) mass is 266 g/mol. The van der Waals surface area contributed by atoms with Crippen molar-refractivity contribution < 1.29 is 19.1 Å². The van der Waals surface area contributed by atoms with Crippen molar-refractivity contribution in [3.05, 3.63) is 11.5 Å². The second-order valence-electron chi connectivity index (χ2n) is 4.22. The van der Waals surface area contributed by atoms with Crippen molar-refractivity contribution in [3.63, 3.8) is 0 Å². The summed E-state index contributed by atoms with van der Waals surface area (Å²) < 4.78 is 6.02. The van der Waals surface area contributed by atoms with Crippen molar-refractivity contribution in [3.8, 4) is 0 Å². The highest BCUT2D eigenvalue weighted by molar-refractivity contribution is 6.00. The molecule has 1 aromatic heterocycles. The third-order valence-corrected chi connectivity index (χ3v) is 3.02. The fourth-order valence-corrected chi connectivity index (χ4v) is 2.13. The van der Waals surface area contributed by atoms with Crippen LogP contribution >= 0.6 is 0 Å². The first-order valence-corrected chi connectivity index (χ1v) is 5.72. The van der Waals surface area contributed by atoms with Gasteiger partial charge in [-0.05, 0) is 13.3 Å². The third kappa shape index (κ3) is 2.16. The van der Waals surface area contributed by atoms with Crippen molar-refractivity contribution in [2.45, 2.75) is 25.8 Å². The van der Waals surface area contributed by atoms with Gasteiger partial charge in [-0.3, -0.25) is 14.9 Å². The van der Waals surface area contributed by atoms with Gasteiger partial charge in [0.05, 0.1) is 7.11 Å². The van der Waals surface area contributed by atoms with Crippen LogP contribution in [0, 0.1) is 6.92 Å². The summed E-state index contributed by atoms with van der Waals surface area (Å²) in [7, 11) is 1.22. The molecule has 1 fully saturated rings. The summed E-state index contributed by atoms with van der Waals surface area (Å²) in [6, 6.07) is -0.636. The zero-order valence-corrected chi connectivity index (χ0v) is 10.6. The van der Waals surface area contributed by atoms with Gasteiger partial charge in [0.25, 0.3) is 0 Å². The molecule has 2 amide bonds. The number of imide groups is 1. The number of nitrogens with zero attached hydrogens (tertiary/aromatic N) is 2. The molecule has 0 bridgehead atoms. The first-order valence-electron chi connectivity index (χ1n) is 5.72. The number of hydrogen-bond donors (Lipinski definition) is 2. The van der Waals surface area contributed by atoms with E-state index in [1.54, 1.807) is 6.92 Å². The van der Waals surface area contributed by atoms with E-state index < -0.39 is 17.9 Å². The topological polar surface area (TPSA) is 116 Å². The smallest absolute Gasteiger partial charge is 0.360 e. The molecule has 1 atom stereocenters. The predicted octanol–water partition coefficient (Wildman–Crippen LogP) is -0.462. The van der Waals surface area contributed by atoms with Crippen molar-refractivity contribution in [2.24, 2.45) is 0 Å². The molecule has 102 valence electrons. The number of carbonyl (C=O) groups is 3.